The lowest BCUT2D eigenvalue weighted by Gasteiger charge is -2.30. The Labute approximate surface area is 92.1 Å². The SMILES string of the molecule is CCC(NC)C1CCCc2cccnc21. The zero-order valence-corrected chi connectivity index (χ0v) is 9.66. The van der Waals surface area contributed by atoms with Gasteiger partial charge in [-0.1, -0.05) is 13.0 Å². The van der Waals surface area contributed by atoms with Gasteiger partial charge in [0.05, 0.1) is 0 Å². The van der Waals surface area contributed by atoms with Crippen molar-refractivity contribution in [1.29, 1.82) is 0 Å². The van der Waals surface area contributed by atoms with Crippen molar-refractivity contribution in [2.45, 2.75) is 44.6 Å². The average Bonchev–Trinajstić information content (AvgIpc) is 2.31. The van der Waals surface area contributed by atoms with Gasteiger partial charge in [-0.15, -0.1) is 0 Å². The van der Waals surface area contributed by atoms with Crippen LogP contribution < -0.4 is 5.32 Å². The molecule has 1 heterocycles. The Morgan fingerprint density at radius 2 is 2.47 bits per heavy atom. The summed E-state index contributed by atoms with van der Waals surface area (Å²) in [7, 11) is 2.06. The maximum Gasteiger partial charge on any atom is 0.0481 e. The highest BCUT2D eigenvalue weighted by Crippen LogP contribution is 2.33. The smallest absolute Gasteiger partial charge is 0.0481 e. The van der Waals surface area contributed by atoms with Crippen LogP contribution in [0.4, 0.5) is 0 Å². The molecule has 0 bridgehead atoms. The molecule has 2 rings (SSSR count). The molecule has 2 unspecified atom stereocenters. The molecule has 2 nitrogen and oxygen atoms in total. The highest BCUT2D eigenvalue weighted by atomic mass is 14.9. The fourth-order valence-electron chi connectivity index (χ4n) is 2.73. The maximum atomic E-state index is 4.58. The van der Waals surface area contributed by atoms with E-state index in [4.69, 9.17) is 0 Å². The molecule has 0 aromatic carbocycles. The van der Waals surface area contributed by atoms with Gasteiger partial charge in [-0.05, 0) is 44.4 Å². The summed E-state index contributed by atoms with van der Waals surface area (Å²) in [5, 5.41) is 3.42. The molecule has 2 heteroatoms. The topological polar surface area (TPSA) is 24.9 Å². The molecule has 2 atom stereocenters. The first-order valence-corrected chi connectivity index (χ1v) is 5.97. The minimum absolute atomic E-state index is 0.582. The van der Waals surface area contributed by atoms with Crippen LogP contribution in [0.5, 0.6) is 0 Å². The molecule has 0 amide bonds. The zero-order valence-electron chi connectivity index (χ0n) is 9.66. The van der Waals surface area contributed by atoms with Crippen LogP contribution in [0.15, 0.2) is 18.3 Å². The lowest BCUT2D eigenvalue weighted by atomic mass is 9.81. The number of fused-ring (bicyclic) bond motifs is 1. The molecular formula is C13H20N2. The van der Waals surface area contributed by atoms with E-state index >= 15 is 0 Å². The van der Waals surface area contributed by atoms with Crippen molar-refractivity contribution in [2.24, 2.45) is 0 Å². The van der Waals surface area contributed by atoms with Crippen LogP contribution in [-0.2, 0) is 6.42 Å². The number of aromatic nitrogens is 1. The van der Waals surface area contributed by atoms with Crippen LogP contribution >= 0.6 is 0 Å². The Balaban J connectivity index is 2.28. The molecule has 15 heavy (non-hydrogen) atoms. The minimum Gasteiger partial charge on any atom is -0.316 e. The Morgan fingerprint density at radius 1 is 1.60 bits per heavy atom. The van der Waals surface area contributed by atoms with Gasteiger partial charge in [0.1, 0.15) is 0 Å². The third-order valence-electron chi connectivity index (χ3n) is 3.53. The van der Waals surface area contributed by atoms with E-state index in [9.17, 15) is 0 Å². The van der Waals surface area contributed by atoms with E-state index in [-0.39, 0.29) is 0 Å². The molecule has 0 saturated carbocycles. The summed E-state index contributed by atoms with van der Waals surface area (Å²) in [6.07, 6.45) is 6.90. The Hall–Kier alpha value is -0.890. The summed E-state index contributed by atoms with van der Waals surface area (Å²) in [6.45, 7) is 2.25. The average molecular weight is 204 g/mol. The second kappa shape index (κ2) is 4.75. The van der Waals surface area contributed by atoms with Crippen molar-refractivity contribution in [1.82, 2.24) is 10.3 Å². The van der Waals surface area contributed by atoms with Gasteiger partial charge in [0.2, 0.25) is 0 Å². The first-order valence-electron chi connectivity index (χ1n) is 5.97. The van der Waals surface area contributed by atoms with Gasteiger partial charge < -0.3 is 5.32 Å². The lowest BCUT2D eigenvalue weighted by molar-refractivity contribution is 0.396. The lowest BCUT2D eigenvalue weighted by Crippen LogP contribution is -2.34. The fourth-order valence-corrected chi connectivity index (χ4v) is 2.73. The standard InChI is InChI=1S/C13H20N2/c1-3-12(14-2)11-8-4-6-10-7-5-9-15-13(10)11/h5,7,9,11-12,14H,3-4,6,8H2,1-2H3. The normalized spacial score (nSPS) is 22.1. The molecule has 1 aliphatic rings. The Bertz CT molecular complexity index is 318. The van der Waals surface area contributed by atoms with E-state index in [2.05, 4.69) is 36.4 Å². The molecule has 1 N–H and O–H groups in total. The zero-order chi connectivity index (χ0) is 10.7. The van der Waals surface area contributed by atoms with Crippen LogP contribution in [0, 0.1) is 0 Å². The van der Waals surface area contributed by atoms with Gasteiger partial charge in [-0.3, -0.25) is 4.98 Å². The Morgan fingerprint density at radius 3 is 3.20 bits per heavy atom. The van der Waals surface area contributed by atoms with Crippen LogP contribution in [0.3, 0.4) is 0 Å². The summed E-state index contributed by atoms with van der Waals surface area (Å²) in [6, 6.07) is 4.87. The van der Waals surface area contributed by atoms with E-state index < -0.39 is 0 Å². The van der Waals surface area contributed by atoms with Gasteiger partial charge >= 0.3 is 0 Å². The molecule has 82 valence electrons. The molecule has 1 aromatic heterocycles. The first-order chi connectivity index (χ1) is 7.36. The minimum atomic E-state index is 0.582. The Kier molecular flexibility index (Phi) is 3.37. The summed E-state index contributed by atoms with van der Waals surface area (Å²) in [4.78, 5) is 4.58. The van der Waals surface area contributed by atoms with Crippen LogP contribution in [0.2, 0.25) is 0 Å². The number of hydrogen-bond donors (Lipinski definition) is 1. The maximum absolute atomic E-state index is 4.58. The molecule has 0 fully saturated rings. The quantitative estimate of drug-likeness (QED) is 0.818. The number of rotatable bonds is 3. The molecular weight excluding hydrogens is 184 g/mol. The van der Waals surface area contributed by atoms with E-state index in [0.717, 1.165) is 0 Å². The molecule has 1 aromatic rings. The van der Waals surface area contributed by atoms with Gasteiger partial charge in [-0.2, -0.15) is 0 Å². The van der Waals surface area contributed by atoms with Gasteiger partial charge in [0.25, 0.3) is 0 Å². The third-order valence-corrected chi connectivity index (χ3v) is 3.53. The van der Waals surface area contributed by atoms with E-state index in [1.807, 2.05) is 6.20 Å². The van der Waals surface area contributed by atoms with Crippen molar-refractivity contribution in [3.05, 3.63) is 29.6 Å². The van der Waals surface area contributed by atoms with Crippen molar-refractivity contribution in [3.8, 4) is 0 Å². The summed E-state index contributed by atoms with van der Waals surface area (Å²) < 4.78 is 0. The second-order valence-electron chi connectivity index (χ2n) is 4.35. The summed E-state index contributed by atoms with van der Waals surface area (Å²) >= 11 is 0. The number of hydrogen-bond acceptors (Lipinski definition) is 2. The second-order valence-corrected chi connectivity index (χ2v) is 4.35. The van der Waals surface area contributed by atoms with Crippen molar-refractivity contribution >= 4 is 0 Å². The molecule has 0 radical (unpaired) electrons. The van der Waals surface area contributed by atoms with Crippen molar-refractivity contribution in [3.63, 3.8) is 0 Å². The number of likely N-dealkylation sites (N-methyl/N-ethyl adjacent to an activating group) is 1. The van der Waals surface area contributed by atoms with E-state index in [0.29, 0.717) is 12.0 Å². The highest BCUT2D eigenvalue weighted by Gasteiger charge is 2.26. The van der Waals surface area contributed by atoms with Crippen LogP contribution in [0.1, 0.15) is 43.4 Å². The molecule has 1 aliphatic carbocycles. The molecule has 0 saturated heterocycles. The molecule has 0 aliphatic heterocycles. The van der Waals surface area contributed by atoms with Gasteiger partial charge in [-0.25, -0.2) is 0 Å². The summed E-state index contributed by atoms with van der Waals surface area (Å²) in [5.41, 5.74) is 2.80. The first kappa shape index (κ1) is 10.6. The van der Waals surface area contributed by atoms with Crippen LogP contribution in [0.25, 0.3) is 0 Å². The third kappa shape index (κ3) is 2.05. The molecule has 0 spiro atoms. The van der Waals surface area contributed by atoms with Gasteiger partial charge in [0, 0.05) is 23.9 Å². The fraction of sp³-hybridized carbons (Fsp3) is 0.615. The number of pyridine rings is 1. The van der Waals surface area contributed by atoms with E-state index in [1.165, 1.54) is 36.9 Å². The number of nitrogens with zero attached hydrogens (tertiary/aromatic N) is 1. The van der Waals surface area contributed by atoms with Crippen molar-refractivity contribution < 1.29 is 0 Å². The van der Waals surface area contributed by atoms with Crippen molar-refractivity contribution in [2.75, 3.05) is 7.05 Å². The highest BCUT2D eigenvalue weighted by molar-refractivity contribution is 5.27. The summed E-state index contributed by atoms with van der Waals surface area (Å²) in [5.74, 6) is 0.616. The van der Waals surface area contributed by atoms with Gasteiger partial charge in [0.15, 0.2) is 0 Å². The number of nitrogens with one attached hydrogen (secondary N) is 1. The predicted octanol–water partition coefficient (Wildman–Crippen LogP) is 2.50. The van der Waals surface area contributed by atoms with Crippen LogP contribution in [-0.4, -0.2) is 18.1 Å². The number of aryl methyl sites for hydroxylation is 1. The van der Waals surface area contributed by atoms with E-state index in [1.54, 1.807) is 0 Å². The largest absolute Gasteiger partial charge is 0.316 e. The predicted molar refractivity (Wildman–Crippen MR) is 63.1 cm³/mol. The monoisotopic (exact) mass is 204 g/mol.